The van der Waals surface area contributed by atoms with E-state index in [4.69, 9.17) is 9.68 Å². The SMILES string of the molecule is C[C@@H](CC#N)N(C)C(=O)Nc1ccc2nc(Cc3ccccc3)oc2c1. The second-order valence-electron chi connectivity index (χ2n) is 6.20. The second kappa shape index (κ2) is 7.70. The molecule has 3 aromatic rings. The number of rotatable bonds is 5. The Bertz CT molecular complexity index is 943. The molecule has 0 unspecified atom stereocenters. The van der Waals surface area contributed by atoms with Gasteiger partial charge in [-0.05, 0) is 24.6 Å². The molecule has 0 saturated heterocycles. The number of aromatic nitrogens is 1. The Kier molecular flexibility index (Phi) is 5.18. The van der Waals surface area contributed by atoms with Crippen LogP contribution in [0.3, 0.4) is 0 Å². The van der Waals surface area contributed by atoms with Gasteiger partial charge >= 0.3 is 6.03 Å². The highest BCUT2D eigenvalue weighted by Gasteiger charge is 2.16. The molecule has 0 aliphatic heterocycles. The lowest BCUT2D eigenvalue weighted by atomic mass is 10.1. The van der Waals surface area contributed by atoms with Crippen molar-refractivity contribution in [2.75, 3.05) is 12.4 Å². The van der Waals surface area contributed by atoms with Crippen LogP contribution in [0.4, 0.5) is 10.5 Å². The van der Waals surface area contributed by atoms with E-state index < -0.39 is 0 Å². The van der Waals surface area contributed by atoms with Crippen molar-refractivity contribution < 1.29 is 9.21 Å². The fourth-order valence-corrected chi connectivity index (χ4v) is 2.58. The summed E-state index contributed by atoms with van der Waals surface area (Å²) in [5, 5.41) is 11.6. The molecule has 1 heterocycles. The van der Waals surface area contributed by atoms with Crippen molar-refractivity contribution in [1.29, 1.82) is 5.26 Å². The lowest BCUT2D eigenvalue weighted by Crippen LogP contribution is -2.38. The molecule has 1 atom stereocenters. The molecule has 2 amide bonds. The molecule has 26 heavy (non-hydrogen) atoms. The first-order valence-corrected chi connectivity index (χ1v) is 8.41. The standard InChI is InChI=1S/C20H20N4O2/c1-14(10-11-21)24(2)20(25)22-16-8-9-17-18(13-16)26-19(23-17)12-15-6-4-3-5-7-15/h3-9,13-14H,10,12H2,1-2H3,(H,22,25)/t14-/m0/s1. The first-order valence-electron chi connectivity index (χ1n) is 8.41. The maximum absolute atomic E-state index is 12.3. The van der Waals surface area contributed by atoms with Gasteiger partial charge in [-0.25, -0.2) is 9.78 Å². The van der Waals surface area contributed by atoms with E-state index in [-0.39, 0.29) is 18.5 Å². The molecule has 3 rings (SSSR count). The molecule has 132 valence electrons. The highest BCUT2D eigenvalue weighted by molar-refractivity contribution is 5.91. The maximum Gasteiger partial charge on any atom is 0.321 e. The van der Waals surface area contributed by atoms with Crippen molar-refractivity contribution in [2.45, 2.75) is 25.8 Å². The quantitative estimate of drug-likeness (QED) is 0.750. The van der Waals surface area contributed by atoms with Gasteiger partial charge in [0.1, 0.15) is 5.52 Å². The molecule has 6 heteroatoms. The lowest BCUT2D eigenvalue weighted by Gasteiger charge is -2.23. The summed E-state index contributed by atoms with van der Waals surface area (Å²) in [7, 11) is 1.67. The molecule has 2 aromatic carbocycles. The fraction of sp³-hybridized carbons (Fsp3) is 0.250. The smallest absolute Gasteiger partial charge is 0.321 e. The van der Waals surface area contributed by atoms with Gasteiger partial charge in [-0.15, -0.1) is 0 Å². The zero-order chi connectivity index (χ0) is 18.5. The Labute approximate surface area is 152 Å². The lowest BCUT2D eigenvalue weighted by molar-refractivity contribution is 0.208. The highest BCUT2D eigenvalue weighted by Crippen LogP contribution is 2.22. The van der Waals surface area contributed by atoms with Crippen LogP contribution >= 0.6 is 0 Å². The Morgan fingerprint density at radius 3 is 2.81 bits per heavy atom. The van der Waals surface area contributed by atoms with Crippen molar-refractivity contribution in [3.05, 3.63) is 60.0 Å². The van der Waals surface area contributed by atoms with Crippen LogP contribution in [0.2, 0.25) is 0 Å². The third-order valence-corrected chi connectivity index (χ3v) is 4.25. The normalized spacial score (nSPS) is 11.7. The van der Waals surface area contributed by atoms with Gasteiger partial charge in [0.25, 0.3) is 0 Å². The van der Waals surface area contributed by atoms with Crippen LogP contribution in [0.25, 0.3) is 11.1 Å². The average molecular weight is 348 g/mol. The molecule has 0 fully saturated rings. The number of carbonyl (C=O) groups excluding carboxylic acids is 1. The number of fused-ring (bicyclic) bond motifs is 1. The highest BCUT2D eigenvalue weighted by atomic mass is 16.3. The molecule has 0 bridgehead atoms. The van der Waals surface area contributed by atoms with E-state index in [1.54, 1.807) is 19.2 Å². The Morgan fingerprint density at radius 2 is 2.08 bits per heavy atom. The summed E-state index contributed by atoms with van der Waals surface area (Å²) in [6.07, 6.45) is 0.902. The number of urea groups is 1. The summed E-state index contributed by atoms with van der Waals surface area (Å²) >= 11 is 0. The topological polar surface area (TPSA) is 82.2 Å². The Hall–Kier alpha value is -3.33. The van der Waals surface area contributed by atoms with Gasteiger partial charge in [-0.2, -0.15) is 5.26 Å². The number of nitrogens with zero attached hydrogens (tertiary/aromatic N) is 3. The van der Waals surface area contributed by atoms with Crippen LogP contribution in [0.15, 0.2) is 52.9 Å². The molecule has 0 aliphatic rings. The van der Waals surface area contributed by atoms with E-state index in [9.17, 15) is 4.79 Å². The minimum atomic E-state index is -0.267. The predicted octanol–water partition coefficient (Wildman–Crippen LogP) is 4.18. The first-order chi connectivity index (χ1) is 12.6. The van der Waals surface area contributed by atoms with E-state index in [0.29, 0.717) is 23.6 Å². The Balaban J connectivity index is 1.73. The van der Waals surface area contributed by atoms with E-state index >= 15 is 0 Å². The number of hydrogen-bond acceptors (Lipinski definition) is 4. The number of benzene rings is 2. The first kappa shape index (κ1) is 17.5. The molecular formula is C20H20N4O2. The number of oxazole rings is 1. The van der Waals surface area contributed by atoms with Gasteiger partial charge in [-0.3, -0.25) is 0 Å². The summed E-state index contributed by atoms with van der Waals surface area (Å²) in [5.41, 5.74) is 3.13. The van der Waals surface area contributed by atoms with Crippen LogP contribution in [0.5, 0.6) is 0 Å². The molecular weight excluding hydrogens is 328 g/mol. The number of anilines is 1. The molecule has 1 N–H and O–H groups in total. The number of nitrogens with one attached hydrogen (secondary N) is 1. The number of carbonyl (C=O) groups is 1. The van der Waals surface area contributed by atoms with E-state index in [1.165, 1.54) is 4.90 Å². The van der Waals surface area contributed by atoms with Gasteiger partial charge < -0.3 is 14.6 Å². The number of amides is 2. The van der Waals surface area contributed by atoms with Gasteiger partial charge in [0.05, 0.1) is 12.5 Å². The van der Waals surface area contributed by atoms with Gasteiger partial charge in [0.2, 0.25) is 0 Å². The zero-order valence-electron chi connectivity index (χ0n) is 14.8. The average Bonchev–Trinajstić information content (AvgIpc) is 3.03. The third kappa shape index (κ3) is 4.01. The molecule has 6 nitrogen and oxygen atoms in total. The van der Waals surface area contributed by atoms with Crippen LogP contribution < -0.4 is 5.32 Å². The van der Waals surface area contributed by atoms with E-state index in [1.807, 2.05) is 43.3 Å². The largest absolute Gasteiger partial charge is 0.440 e. The van der Waals surface area contributed by atoms with Crippen molar-refractivity contribution in [2.24, 2.45) is 0 Å². The van der Waals surface area contributed by atoms with Crippen LogP contribution in [-0.4, -0.2) is 29.0 Å². The summed E-state index contributed by atoms with van der Waals surface area (Å²) < 4.78 is 5.82. The summed E-state index contributed by atoms with van der Waals surface area (Å²) in [6, 6.07) is 17.0. The molecule has 0 radical (unpaired) electrons. The summed E-state index contributed by atoms with van der Waals surface area (Å²) in [5.74, 6) is 0.634. The Morgan fingerprint density at radius 1 is 1.31 bits per heavy atom. The van der Waals surface area contributed by atoms with Crippen LogP contribution in [-0.2, 0) is 6.42 Å². The van der Waals surface area contributed by atoms with Crippen molar-refractivity contribution in [1.82, 2.24) is 9.88 Å². The molecule has 1 aromatic heterocycles. The number of hydrogen-bond donors (Lipinski definition) is 1. The monoisotopic (exact) mass is 348 g/mol. The third-order valence-electron chi connectivity index (χ3n) is 4.25. The number of nitriles is 1. The van der Waals surface area contributed by atoms with Crippen molar-refractivity contribution >= 4 is 22.8 Å². The second-order valence-corrected chi connectivity index (χ2v) is 6.20. The van der Waals surface area contributed by atoms with Gasteiger partial charge in [0.15, 0.2) is 11.5 Å². The minimum Gasteiger partial charge on any atom is -0.440 e. The van der Waals surface area contributed by atoms with Crippen LogP contribution in [0, 0.1) is 11.3 Å². The van der Waals surface area contributed by atoms with E-state index in [2.05, 4.69) is 16.4 Å². The predicted molar refractivity (Wildman–Crippen MR) is 99.7 cm³/mol. The fourth-order valence-electron chi connectivity index (χ4n) is 2.58. The zero-order valence-corrected chi connectivity index (χ0v) is 14.8. The molecule has 0 saturated carbocycles. The maximum atomic E-state index is 12.3. The molecule has 0 aliphatic carbocycles. The summed E-state index contributed by atoms with van der Waals surface area (Å²) in [4.78, 5) is 18.3. The van der Waals surface area contributed by atoms with Crippen molar-refractivity contribution in [3.63, 3.8) is 0 Å². The minimum absolute atomic E-state index is 0.161. The summed E-state index contributed by atoms with van der Waals surface area (Å²) in [6.45, 7) is 1.83. The van der Waals surface area contributed by atoms with Crippen molar-refractivity contribution in [3.8, 4) is 6.07 Å². The molecule has 0 spiro atoms. The van der Waals surface area contributed by atoms with Gasteiger partial charge in [-0.1, -0.05) is 30.3 Å². The van der Waals surface area contributed by atoms with Gasteiger partial charge in [0, 0.05) is 31.3 Å². The van der Waals surface area contributed by atoms with Crippen LogP contribution in [0.1, 0.15) is 24.8 Å². The van der Waals surface area contributed by atoms with E-state index in [0.717, 1.165) is 11.1 Å².